The summed E-state index contributed by atoms with van der Waals surface area (Å²) in [6, 6.07) is 2.28. The van der Waals surface area contributed by atoms with Crippen molar-refractivity contribution in [2.45, 2.75) is 6.04 Å². The normalized spacial score (nSPS) is 15.6. The van der Waals surface area contributed by atoms with Crippen LogP contribution in [0.5, 0.6) is 0 Å². The lowest BCUT2D eigenvalue weighted by molar-refractivity contribution is 0.151. The van der Waals surface area contributed by atoms with Gasteiger partial charge in [-0.1, -0.05) is 0 Å². The Hall–Kier alpha value is -2.74. The molecule has 0 saturated carbocycles. The second kappa shape index (κ2) is 5.47. The highest BCUT2D eigenvalue weighted by Gasteiger charge is 2.25. The molecule has 4 heterocycles. The third kappa shape index (κ3) is 2.80. The van der Waals surface area contributed by atoms with E-state index in [0.29, 0.717) is 12.0 Å². The highest BCUT2D eigenvalue weighted by atomic mass is 15.4. The average molecular weight is 309 g/mol. The van der Waals surface area contributed by atoms with Gasteiger partial charge in [-0.15, -0.1) is 0 Å². The molecule has 1 saturated heterocycles. The summed E-state index contributed by atoms with van der Waals surface area (Å²) in [5.41, 5.74) is 2.66. The Morgan fingerprint density at radius 3 is 2.83 bits per heavy atom. The van der Waals surface area contributed by atoms with Crippen molar-refractivity contribution in [3.63, 3.8) is 0 Å². The van der Waals surface area contributed by atoms with Gasteiger partial charge in [0.15, 0.2) is 0 Å². The maximum atomic E-state index is 4.54. The van der Waals surface area contributed by atoms with E-state index in [2.05, 4.69) is 32.5 Å². The molecule has 23 heavy (non-hydrogen) atoms. The van der Waals surface area contributed by atoms with E-state index in [-0.39, 0.29) is 0 Å². The van der Waals surface area contributed by atoms with Crippen LogP contribution in [-0.4, -0.2) is 47.5 Å². The van der Waals surface area contributed by atoms with Crippen LogP contribution in [0.1, 0.15) is 6.04 Å². The van der Waals surface area contributed by atoms with Gasteiger partial charge >= 0.3 is 0 Å². The molecule has 0 spiro atoms. The van der Waals surface area contributed by atoms with Crippen molar-refractivity contribution in [3.05, 3.63) is 44.1 Å². The third-order valence-corrected chi connectivity index (χ3v) is 3.83. The topological polar surface area (TPSA) is 76.7 Å². The summed E-state index contributed by atoms with van der Waals surface area (Å²) < 4.78 is 3.70. The number of hydrogen-bond acceptors (Lipinski definition) is 6. The number of aryl methyl sites for hydroxylation is 1. The van der Waals surface area contributed by atoms with Crippen LogP contribution in [-0.2, 0) is 7.05 Å². The molecule has 3 aromatic heterocycles. The summed E-state index contributed by atoms with van der Waals surface area (Å²) >= 11 is 0. The highest BCUT2D eigenvalue weighted by molar-refractivity contribution is 5.60. The van der Waals surface area contributed by atoms with Crippen LogP contribution >= 0.6 is 0 Å². The van der Waals surface area contributed by atoms with Crippen LogP contribution in [0.15, 0.2) is 37.1 Å². The van der Waals surface area contributed by atoms with Crippen LogP contribution in [0.4, 0.5) is 11.6 Å². The molecule has 0 aromatic carbocycles. The molecule has 1 fully saturated rings. The van der Waals surface area contributed by atoms with E-state index < -0.39 is 0 Å². The van der Waals surface area contributed by atoms with Crippen LogP contribution < -0.4 is 5.32 Å². The Morgan fingerprint density at radius 2 is 2.09 bits per heavy atom. The van der Waals surface area contributed by atoms with Gasteiger partial charge in [0.1, 0.15) is 0 Å². The molecule has 8 nitrogen and oxygen atoms in total. The fourth-order valence-corrected chi connectivity index (χ4v) is 2.57. The van der Waals surface area contributed by atoms with Gasteiger partial charge < -0.3 is 5.32 Å². The zero-order valence-electron chi connectivity index (χ0n) is 12.8. The van der Waals surface area contributed by atoms with Gasteiger partial charge in [-0.05, 0) is 6.07 Å². The molecule has 0 amide bonds. The van der Waals surface area contributed by atoms with Gasteiger partial charge in [-0.25, -0.2) is 9.97 Å². The van der Waals surface area contributed by atoms with Gasteiger partial charge in [-0.3, -0.25) is 14.3 Å². The largest absolute Gasteiger partial charge is 0.321 e. The molecule has 1 aliphatic heterocycles. The van der Waals surface area contributed by atoms with Crippen molar-refractivity contribution in [1.82, 2.24) is 34.4 Å². The SMILES string of the molecule is [CH2]N1CC(n2cc(-c3ccnc(Nc4cnn(C)c4)n3)cn2)C1. The number of likely N-dealkylation sites (tertiary alicyclic amines) is 1. The fraction of sp³-hybridized carbons (Fsp3) is 0.267. The second-order valence-corrected chi connectivity index (χ2v) is 5.69. The quantitative estimate of drug-likeness (QED) is 0.786. The first-order valence-electron chi connectivity index (χ1n) is 7.36. The van der Waals surface area contributed by atoms with Gasteiger partial charge in [0.2, 0.25) is 5.95 Å². The zero-order valence-corrected chi connectivity index (χ0v) is 12.8. The molecule has 117 valence electrons. The van der Waals surface area contributed by atoms with Crippen molar-refractivity contribution < 1.29 is 0 Å². The summed E-state index contributed by atoms with van der Waals surface area (Å²) in [5.74, 6) is 0.538. The van der Waals surface area contributed by atoms with E-state index in [1.807, 2.05) is 41.3 Å². The van der Waals surface area contributed by atoms with Crippen LogP contribution in [0, 0.1) is 7.05 Å². The number of aromatic nitrogens is 6. The number of nitrogens with zero attached hydrogens (tertiary/aromatic N) is 7. The van der Waals surface area contributed by atoms with Crippen molar-refractivity contribution in [1.29, 1.82) is 0 Å². The Bertz CT molecular complexity index is 814. The molecule has 0 unspecified atom stereocenters. The lowest BCUT2D eigenvalue weighted by Gasteiger charge is -2.35. The number of anilines is 2. The Labute approximate surface area is 133 Å². The number of nitrogens with one attached hydrogen (secondary N) is 1. The maximum Gasteiger partial charge on any atom is 0.227 e. The summed E-state index contributed by atoms with van der Waals surface area (Å²) in [6.07, 6.45) is 9.19. The first kappa shape index (κ1) is 13.9. The first-order valence-corrected chi connectivity index (χ1v) is 7.36. The number of rotatable bonds is 4. The van der Waals surface area contributed by atoms with Crippen LogP contribution in [0.25, 0.3) is 11.3 Å². The molecule has 1 N–H and O–H groups in total. The lowest BCUT2D eigenvalue weighted by Crippen LogP contribution is -2.43. The standard InChI is InChI=1S/C15H17N8/c1-21-9-13(10-21)23-7-11(5-18-23)14-3-4-16-15(20-14)19-12-6-17-22(2)8-12/h3-8,13H,1,9-10H2,2H3,(H,16,19,20). The van der Waals surface area contributed by atoms with E-state index in [1.54, 1.807) is 17.1 Å². The van der Waals surface area contributed by atoms with E-state index >= 15 is 0 Å². The van der Waals surface area contributed by atoms with Crippen molar-refractivity contribution in [2.75, 3.05) is 18.4 Å². The zero-order chi connectivity index (χ0) is 15.8. The predicted molar refractivity (Wildman–Crippen MR) is 85.7 cm³/mol. The molecule has 4 rings (SSSR count). The minimum atomic E-state index is 0.399. The minimum absolute atomic E-state index is 0.399. The fourth-order valence-electron chi connectivity index (χ4n) is 2.57. The molecule has 1 radical (unpaired) electrons. The van der Waals surface area contributed by atoms with E-state index in [0.717, 1.165) is 30.0 Å². The third-order valence-electron chi connectivity index (χ3n) is 3.83. The van der Waals surface area contributed by atoms with Crippen molar-refractivity contribution in [2.24, 2.45) is 7.05 Å². The minimum Gasteiger partial charge on any atom is -0.321 e. The lowest BCUT2D eigenvalue weighted by atomic mass is 10.1. The summed E-state index contributed by atoms with van der Waals surface area (Å²) in [4.78, 5) is 10.8. The molecule has 8 heteroatoms. The molecule has 0 atom stereocenters. The summed E-state index contributed by atoms with van der Waals surface area (Å²) in [5, 5.41) is 11.7. The second-order valence-electron chi connectivity index (χ2n) is 5.69. The predicted octanol–water partition coefficient (Wildman–Crippen LogP) is 1.47. The van der Waals surface area contributed by atoms with Crippen LogP contribution in [0.2, 0.25) is 0 Å². The molecular weight excluding hydrogens is 292 g/mol. The highest BCUT2D eigenvalue weighted by Crippen LogP contribution is 2.23. The molecular formula is C15H17N8. The molecule has 3 aromatic rings. The van der Waals surface area contributed by atoms with Gasteiger partial charge in [0, 0.05) is 51.3 Å². The van der Waals surface area contributed by atoms with Crippen molar-refractivity contribution >= 4 is 11.6 Å². The molecule has 1 aliphatic rings. The van der Waals surface area contributed by atoms with Gasteiger partial charge in [-0.2, -0.15) is 10.2 Å². The smallest absolute Gasteiger partial charge is 0.227 e. The van der Waals surface area contributed by atoms with Gasteiger partial charge in [0.25, 0.3) is 0 Å². The Balaban J connectivity index is 1.54. The Morgan fingerprint density at radius 1 is 1.22 bits per heavy atom. The number of hydrogen-bond donors (Lipinski definition) is 1. The van der Waals surface area contributed by atoms with E-state index in [1.165, 1.54) is 0 Å². The van der Waals surface area contributed by atoms with E-state index in [9.17, 15) is 0 Å². The van der Waals surface area contributed by atoms with Crippen molar-refractivity contribution in [3.8, 4) is 11.3 Å². The summed E-state index contributed by atoms with van der Waals surface area (Å²) in [6.45, 7) is 1.86. The summed E-state index contributed by atoms with van der Waals surface area (Å²) in [7, 11) is 5.76. The molecule has 0 aliphatic carbocycles. The molecule has 0 bridgehead atoms. The van der Waals surface area contributed by atoms with Gasteiger partial charge in [0.05, 0.1) is 29.8 Å². The Kier molecular flexibility index (Phi) is 3.30. The monoisotopic (exact) mass is 309 g/mol. The van der Waals surface area contributed by atoms with E-state index in [4.69, 9.17) is 0 Å². The van der Waals surface area contributed by atoms with Crippen LogP contribution in [0.3, 0.4) is 0 Å². The maximum absolute atomic E-state index is 4.54. The first-order chi connectivity index (χ1) is 11.2. The average Bonchev–Trinajstić information content (AvgIpc) is 3.14.